The quantitative estimate of drug-likeness (QED) is 0.755. The van der Waals surface area contributed by atoms with Gasteiger partial charge in [0, 0.05) is 19.0 Å². The highest BCUT2D eigenvalue weighted by Gasteiger charge is 2.32. The Kier molecular flexibility index (Phi) is 7.18. The Bertz CT molecular complexity index is 231. The molecular weight excluding hydrogens is 233 g/mol. The van der Waals surface area contributed by atoms with Crippen molar-refractivity contribution in [2.75, 3.05) is 19.6 Å². The molecule has 1 amide bonds. The molecule has 3 nitrogen and oxygen atoms in total. The predicted molar refractivity (Wildman–Crippen MR) is 60.7 cm³/mol. The second-order valence-electron chi connectivity index (χ2n) is 4.09. The van der Waals surface area contributed by atoms with E-state index in [1.54, 1.807) is 13.8 Å². The van der Waals surface area contributed by atoms with Crippen molar-refractivity contribution in [2.24, 2.45) is 0 Å². The van der Waals surface area contributed by atoms with E-state index >= 15 is 0 Å². The highest BCUT2D eigenvalue weighted by atomic mass is 19.4. The van der Waals surface area contributed by atoms with Crippen LogP contribution in [0.3, 0.4) is 0 Å². The monoisotopic (exact) mass is 254 g/mol. The van der Waals surface area contributed by atoms with Gasteiger partial charge in [-0.25, -0.2) is 0 Å². The van der Waals surface area contributed by atoms with Crippen LogP contribution in [-0.2, 0) is 4.79 Å². The number of alkyl halides is 3. The van der Waals surface area contributed by atoms with Gasteiger partial charge in [-0.15, -0.1) is 0 Å². The molecule has 0 rings (SSSR count). The van der Waals surface area contributed by atoms with Crippen LogP contribution in [0, 0.1) is 0 Å². The van der Waals surface area contributed by atoms with Crippen LogP contribution in [0.15, 0.2) is 0 Å². The Balaban J connectivity index is 4.33. The lowest BCUT2D eigenvalue weighted by Gasteiger charge is -2.25. The van der Waals surface area contributed by atoms with E-state index in [9.17, 15) is 18.0 Å². The van der Waals surface area contributed by atoms with Crippen molar-refractivity contribution in [1.82, 2.24) is 10.2 Å². The Hall–Kier alpha value is -0.780. The van der Waals surface area contributed by atoms with Crippen LogP contribution in [0.1, 0.15) is 33.6 Å². The smallest absolute Gasteiger partial charge is 0.334 e. The maximum Gasteiger partial charge on any atom is 0.406 e. The van der Waals surface area contributed by atoms with Gasteiger partial charge in [-0.1, -0.05) is 13.8 Å². The zero-order chi connectivity index (χ0) is 13.5. The first kappa shape index (κ1) is 16.2. The first-order valence-electron chi connectivity index (χ1n) is 5.88. The second-order valence-corrected chi connectivity index (χ2v) is 4.09. The molecule has 0 aliphatic rings. The summed E-state index contributed by atoms with van der Waals surface area (Å²) >= 11 is 0. The summed E-state index contributed by atoms with van der Waals surface area (Å²) in [6.07, 6.45) is -3.70. The van der Waals surface area contributed by atoms with Crippen LogP contribution in [-0.4, -0.2) is 42.7 Å². The van der Waals surface area contributed by atoms with Gasteiger partial charge in [0.05, 0.1) is 0 Å². The summed E-state index contributed by atoms with van der Waals surface area (Å²) in [5, 5.41) is 3.01. The Morgan fingerprint density at radius 2 is 1.94 bits per heavy atom. The first-order valence-corrected chi connectivity index (χ1v) is 5.88. The number of carbonyl (C=O) groups excluding carboxylic acids is 1. The maximum atomic E-state index is 12.3. The topological polar surface area (TPSA) is 32.3 Å². The SMILES string of the molecule is CCCN(CC(F)(F)F)C(=O)CC(C)NCC. The third-order valence-corrected chi connectivity index (χ3v) is 2.25. The molecule has 0 aliphatic heterocycles. The number of amides is 1. The molecule has 0 aliphatic carbocycles. The van der Waals surface area contributed by atoms with Crippen LogP contribution >= 0.6 is 0 Å². The van der Waals surface area contributed by atoms with Crippen molar-refractivity contribution < 1.29 is 18.0 Å². The molecule has 102 valence electrons. The molecule has 1 N–H and O–H groups in total. The fraction of sp³-hybridized carbons (Fsp3) is 0.909. The number of nitrogens with zero attached hydrogens (tertiary/aromatic N) is 1. The van der Waals surface area contributed by atoms with Crippen LogP contribution in [0.25, 0.3) is 0 Å². The summed E-state index contributed by atoms with van der Waals surface area (Å²) < 4.78 is 36.8. The van der Waals surface area contributed by atoms with E-state index < -0.39 is 18.6 Å². The molecular formula is C11H21F3N2O. The van der Waals surface area contributed by atoms with Crippen LogP contribution < -0.4 is 5.32 Å². The molecule has 0 fully saturated rings. The van der Waals surface area contributed by atoms with Crippen molar-refractivity contribution in [3.05, 3.63) is 0 Å². The zero-order valence-corrected chi connectivity index (χ0v) is 10.6. The van der Waals surface area contributed by atoms with Crippen molar-refractivity contribution in [3.63, 3.8) is 0 Å². The van der Waals surface area contributed by atoms with Crippen molar-refractivity contribution in [1.29, 1.82) is 0 Å². The molecule has 0 aromatic carbocycles. The lowest BCUT2D eigenvalue weighted by molar-refractivity contribution is -0.161. The Labute approximate surface area is 100 Å². The normalized spacial score (nSPS) is 13.5. The van der Waals surface area contributed by atoms with Gasteiger partial charge in [0.25, 0.3) is 0 Å². The van der Waals surface area contributed by atoms with Gasteiger partial charge in [0.15, 0.2) is 0 Å². The maximum absolute atomic E-state index is 12.3. The third-order valence-electron chi connectivity index (χ3n) is 2.25. The summed E-state index contributed by atoms with van der Waals surface area (Å²) in [6.45, 7) is 5.13. The standard InChI is InChI=1S/C11H21F3N2O/c1-4-6-16(8-11(12,13)14)10(17)7-9(3)15-5-2/h9,15H,4-8H2,1-3H3. The fourth-order valence-corrected chi connectivity index (χ4v) is 1.59. The minimum absolute atomic E-state index is 0.0971. The van der Waals surface area contributed by atoms with E-state index in [-0.39, 0.29) is 19.0 Å². The molecule has 0 bridgehead atoms. The molecule has 6 heteroatoms. The summed E-state index contributed by atoms with van der Waals surface area (Å²) in [7, 11) is 0. The molecule has 1 unspecified atom stereocenters. The van der Waals surface area contributed by atoms with Gasteiger partial charge in [-0.3, -0.25) is 4.79 Å². The number of carbonyl (C=O) groups is 1. The molecule has 0 spiro atoms. The molecule has 0 aromatic rings. The van der Waals surface area contributed by atoms with Crippen molar-refractivity contribution in [3.8, 4) is 0 Å². The highest BCUT2D eigenvalue weighted by Crippen LogP contribution is 2.17. The molecule has 0 heterocycles. The van der Waals surface area contributed by atoms with Crippen molar-refractivity contribution in [2.45, 2.75) is 45.8 Å². The first-order chi connectivity index (χ1) is 7.80. The average Bonchev–Trinajstić information content (AvgIpc) is 2.15. The molecule has 0 saturated carbocycles. The molecule has 1 atom stereocenters. The van der Waals surface area contributed by atoms with Gasteiger partial charge in [-0.05, 0) is 19.9 Å². The number of hydrogen-bond donors (Lipinski definition) is 1. The van der Waals surface area contributed by atoms with E-state index in [4.69, 9.17) is 0 Å². The molecule has 0 aromatic heterocycles. The Morgan fingerprint density at radius 1 is 1.35 bits per heavy atom. The predicted octanol–water partition coefficient (Wildman–Crippen LogP) is 2.18. The average molecular weight is 254 g/mol. The van der Waals surface area contributed by atoms with Crippen molar-refractivity contribution >= 4 is 5.91 Å². The summed E-state index contributed by atoms with van der Waals surface area (Å²) in [5.41, 5.74) is 0. The Morgan fingerprint density at radius 3 is 2.35 bits per heavy atom. The number of nitrogens with one attached hydrogen (secondary N) is 1. The fourth-order valence-electron chi connectivity index (χ4n) is 1.59. The van der Waals surface area contributed by atoms with Gasteiger partial charge in [0.1, 0.15) is 6.54 Å². The largest absolute Gasteiger partial charge is 0.406 e. The number of hydrogen-bond acceptors (Lipinski definition) is 2. The lowest BCUT2D eigenvalue weighted by atomic mass is 10.2. The minimum atomic E-state index is -4.33. The van der Waals surface area contributed by atoms with Gasteiger partial charge >= 0.3 is 6.18 Å². The van der Waals surface area contributed by atoms with Gasteiger partial charge in [0.2, 0.25) is 5.91 Å². The number of halogens is 3. The molecule has 17 heavy (non-hydrogen) atoms. The third kappa shape index (κ3) is 8.01. The zero-order valence-electron chi connectivity index (χ0n) is 10.6. The van der Waals surface area contributed by atoms with E-state index in [1.165, 1.54) is 0 Å². The van der Waals surface area contributed by atoms with Crippen LogP contribution in [0.2, 0.25) is 0 Å². The highest BCUT2D eigenvalue weighted by molar-refractivity contribution is 5.76. The summed E-state index contributed by atoms with van der Waals surface area (Å²) in [6, 6.07) is -0.0971. The molecule has 0 radical (unpaired) electrons. The minimum Gasteiger partial charge on any atom is -0.334 e. The number of rotatable bonds is 7. The van der Waals surface area contributed by atoms with E-state index in [1.807, 2.05) is 6.92 Å². The summed E-state index contributed by atoms with van der Waals surface area (Å²) in [4.78, 5) is 12.6. The van der Waals surface area contributed by atoms with Gasteiger partial charge in [-0.2, -0.15) is 13.2 Å². The van der Waals surface area contributed by atoms with E-state index in [0.29, 0.717) is 13.0 Å². The second kappa shape index (κ2) is 7.53. The van der Waals surface area contributed by atoms with Crippen LogP contribution in [0.5, 0.6) is 0 Å². The van der Waals surface area contributed by atoms with E-state index in [2.05, 4.69) is 5.32 Å². The van der Waals surface area contributed by atoms with E-state index in [0.717, 1.165) is 4.90 Å². The molecule has 0 saturated heterocycles. The lowest BCUT2D eigenvalue weighted by Crippen LogP contribution is -2.42. The van der Waals surface area contributed by atoms with Gasteiger partial charge < -0.3 is 10.2 Å². The van der Waals surface area contributed by atoms with Crippen LogP contribution in [0.4, 0.5) is 13.2 Å². The summed E-state index contributed by atoms with van der Waals surface area (Å²) in [5.74, 6) is -0.447.